The van der Waals surface area contributed by atoms with E-state index in [-0.39, 0.29) is 23.2 Å². The minimum atomic E-state index is -0.687. The largest absolute Gasteiger partial charge is 0.439 e. The lowest BCUT2D eigenvalue weighted by Crippen LogP contribution is -2.15. The van der Waals surface area contributed by atoms with Crippen molar-refractivity contribution in [3.8, 4) is 23.1 Å². The fourth-order valence-corrected chi connectivity index (χ4v) is 3.25. The van der Waals surface area contributed by atoms with Crippen molar-refractivity contribution in [3.05, 3.63) is 76.9 Å². The molecule has 3 heterocycles. The fourth-order valence-electron chi connectivity index (χ4n) is 2.93. The van der Waals surface area contributed by atoms with Gasteiger partial charge in [-0.05, 0) is 66.2 Å². The Hall–Kier alpha value is -3.66. The van der Waals surface area contributed by atoms with Gasteiger partial charge >= 0.3 is 0 Å². The third-order valence-corrected chi connectivity index (χ3v) is 4.89. The highest BCUT2D eigenvalue weighted by atomic mass is 79.9. The fraction of sp³-hybridized carbons (Fsp3) is 0.136. The van der Waals surface area contributed by atoms with Crippen LogP contribution in [0.2, 0.25) is 0 Å². The first-order valence-electron chi connectivity index (χ1n) is 9.69. The van der Waals surface area contributed by atoms with Crippen molar-refractivity contribution < 1.29 is 13.9 Å². The molecule has 32 heavy (non-hydrogen) atoms. The highest BCUT2D eigenvalue weighted by molar-refractivity contribution is 9.10. The molecule has 0 atom stereocenters. The number of hydrogen-bond donors (Lipinski definition) is 1. The summed E-state index contributed by atoms with van der Waals surface area (Å²) in [6.45, 7) is 4.00. The van der Waals surface area contributed by atoms with Crippen LogP contribution >= 0.6 is 15.9 Å². The molecule has 0 spiro atoms. The summed E-state index contributed by atoms with van der Waals surface area (Å²) in [5.74, 6) is 0.0529. The number of anilines is 1. The van der Waals surface area contributed by atoms with Crippen LogP contribution in [0.1, 0.15) is 30.2 Å². The van der Waals surface area contributed by atoms with Gasteiger partial charge in [0.1, 0.15) is 34.0 Å². The van der Waals surface area contributed by atoms with E-state index in [0.717, 1.165) is 6.07 Å². The SMILES string of the molecule is CC(C)n1cnnc1-c1cccc(NC(=O)c2cc(Oc3cccc(Br)n3)ccc2F)n1. The summed E-state index contributed by atoms with van der Waals surface area (Å²) in [6.07, 6.45) is 1.62. The van der Waals surface area contributed by atoms with Crippen LogP contribution in [-0.4, -0.2) is 30.6 Å². The Morgan fingerprint density at radius 1 is 1.12 bits per heavy atom. The van der Waals surface area contributed by atoms with Gasteiger partial charge in [0.2, 0.25) is 5.88 Å². The Labute approximate surface area is 191 Å². The zero-order chi connectivity index (χ0) is 22.7. The molecule has 0 unspecified atom stereocenters. The molecule has 0 aliphatic rings. The second kappa shape index (κ2) is 9.23. The van der Waals surface area contributed by atoms with Gasteiger partial charge < -0.3 is 14.6 Å². The van der Waals surface area contributed by atoms with Gasteiger partial charge in [0.15, 0.2) is 5.82 Å². The number of ether oxygens (including phenoxy) is 1. The molecule has 4 aromatic rings. The Balaban J connectivity index is 1.56. The van der Waals surface area contributed by atoms with E-state index in [1.165, 1.54) is 12.1 Å². The predicted molar refractivity (Wildman–Crippen MR) is 120 cm³/mol. The summed E-state index contributed by atoms with van der Waals surface area (Å²) in [4.78, 5) is 21.4. The molecule has 4 rings (SSSR count). The van der Waals surface area contributed by atoms with Crippen LogP contribution in [0.3, 0.4) is 0 Å². The monoisotopic (exact) mass is 496 g/mol. The molecule has 10 heteroatoms. The molecular weight excluding hydrogens is 479 g/mol. The summed E-state index contributed by atoms with van der Waals surface area (Å²) < 4.78 is 22.5. The van der Waals surface area contributed by atoms with Crippen LogP contribution in [0.4, 0.5) is 10.2 Å². The van der Waals surface area contributed by atoms with Gasteiger partial charge in [-0.2, -0.15) is 0 Å². The maximum atomic E-state index is 14.4. The van der Waals surface area contributed by atoms with Crippen LogP contribution in [0.25, 0.3) is 11.5 Å². The molecule has 1 aromatic carbocycles. The Bertz CT molecular complexity index is 1280. The molecule has 0 aliphatic heterocycles. The molecule has 0 fully saturated rings. The lowest BCUT2D eigenvalue weighted by Gasteiger charge is -2.11. The summed E-state index contributed by atoms with van der Waals surface area (Å²) in [5.41, 5.74) is 0.349. The molecule has 0 radical (unpaired) electrons. The highest BCUT2D eigenvalue weighted by Gasteiger charge is 2.16. The first-order chi connectivity index (χ1) is 15.4. The number of nitrogens with zero attached hydrogens (tertiary/aromatic N) is 5. The van der Waals surface area contributed by atoms with E-state index >= 15 is 0 Å². The first-order valence-corrected chi connectivity index (χ1v) is 10.5. The number of halogens is 2. The van der Waals surface area contributed by atoms with Gasteiger partial charge in [-0.3, -0.25) is 4.79 Å². The van der Waals surface area contributed by atoms with Gasteiger partial charge in [-0.25, -0.2) is 14.4 Å². The molecule has 3 aromatic heterocycles. The standard InChI is InChI=1S/C22H18BrFN6O2/c1-13(2)30-12-25-29-21(30)17-5-3-7-19(26-17)28-22(31)15-11-14(9-10-16(15)24)32-20-8-4-6-18(23)27-20/h3-13H,1-2H3,(H,26,28,31). The molecule has 162 valence electrons. The van der Waals surface area contributed by atoms with Gasteiger partial charge in [0, 0.05) is 12.1 Å². The van der Waals surface area contributed by atoms with Crippen molar-refractivity contribution >= 4 is 27.7 Å². The lowest BCUT2D eigenvalue weighted by molar-refractivity contribution is 0.102. The van der Waals surface area contributed by atoms with Gasteiger partial charge in [-0.15, -0.1) is 10.2 Å². The maximum Gasteiger partial charge on any atom is 0.259 e. The number of rotatable bonds is 6. The second-order valence-electron chi connectivity index (χ2n) is 7.06. The predicted octanol–water partition coefficient (Wildman–Crippen LogP) is 5.26. The van der Waals surface area contributed by atoms with Crippen LogP contribution in [0.15, 0.2) is 65.5 Å². The number of carbonyl (C=O) groups excluding carboxylic acids is 1. The van der Waals surface area contributed by atoms with Gasteiger partial charge in [0.25, 0.3) is 5.91 Å². The smallest absolute Gasteiger partial charge is 0.259 e. The van der Waals surface area contributed by atoms with E-state index in [9.17, 15) is 9.18 Å². The van der Waals surface area contributed by atoms with Crippen LogP contribution in [-0.2, 0) is 0 Å². The number of amides is 1. The molecule has 1 N–H and O–H groups in total. The van der Waals surface area contributed by atoms with Crippen LogP contribution < -0.4 is 10.1 Å². The molecule has 8 nitrogen and oxygen atoms in total. The van der Waals surface area contributed by atoms with Gasteiger partial charge in [-0.1, -0.05) is 12.1 Å². The van der Waals surface area contributed by atoms with Crippen LogP contribution in [0, 0.1) is 5.82 Å². The topological polar surface area (TPSA) is 94.8 Å². The van der Waals surface area contributed by atoms with Gasteiger partial charge in [0.05, 0.1) is 5.56 Å². The summed E-state index contributed by atoms with van der Waals surface area (Å²) in [5, 5.41) is 10.7. The van der Waals surface area contributed by atoms with E-state index in [2.05, 4.69) is 41.4 Å². The average Bonchev–Trinajstić information content (AvgIpc) is 3.26. The number of carbonyl (C=O) groups is 1. The number of benzene rings is 1. The van der Waals surface area contributed by atoms with Crippen LogP contribution in [0.5, 0.6) is 11.6 Å². The summed E-state index contributed by atoms with van der Waals surface area (Å²) in [7, 11) is 0. The molecule has 0 saturated carbocycles. The van der Waals surface area contributed by atoms with E-state index in [4.69, 9.17) is 4.74 Å². The van der Waals surface area contributed by atoms with Crippen molar-refractivity contribution in [2.45, 2.75) is 19.9 Å². The van der Waals surface area contributed by atoms with Crippen molar-refractivity contribution in [1.29, 1.82) is 0 Å². The third-order valence-electron chi connectivity index (χ3n) is 4.44. The minimum absolute atomic E-state index is 0.136. The summed E-state index contributed by atoms with van der Waals surface area (Å²) >= 11 is 3.26. The Morgan fingerprint density at radius 3 is 2.72 bits per heavy atom. The number of nitrogens with one attached hydrogen (secondary N) is 1. The van der Waals surface area contributed by atoms with E-state index in [0.29, 0.717) is 22.0 Å². The zero-order valence-electron chi connectivity index (χ0n) is 17.2. The highest BCUT2D eigenvalue weighted by Crippen LogP contribution is 2.25. The Morgan fingerprint density at radius 2 is 1.94 bits per heavy atom. The number of pyridine rings is 2. The zero-order valence-corrected chi connectivity index (χ0v) is 18.7. The van der Waals surface area contributed by atoms with E-state index in [1.54, 1.807) is 42.7 Å². The average molecular weight is 497 g/mol. The van der Waals surface area contributed by atoms with Crippen molar-refractivity contribution in [1.82, 2.24) is 24.7 Å². The van der Waals surface area contributed by atoms with E-state index in [1.807, 2.05) is 18.4 Å². The lowest BCUT2D eigenvalue weighted by atomic mass is 10.2. The summed E-state index contributed by atoms with van der Waals surface area (Å²) in [6, 6.07) is 14.3. The Kier molecular flexibility index (Phi) is 6.22. The molecule has 0 aliphatic carbocycles. The molecular formula is C22H18BrFN6O2. The normalized spacial score (nSPS) is 10.9. The second-order valence-corrected chi connectivity index (χ2v) is 7.87. The van der Waals surface area contributed by atoms with E-state index < -0.39 is 11.7 Å². The van der Waals surface area contributed by atoms with Crippen molar-refractivity contribution in [2.24, 2.45) is 0 Å². The van der Waals surface area contributed by atoms with Crippen molar-refractivity contribution in [3.63, 3.8) is 0 Å². The molecule has 1 amide bonds. The molecule has 0 bridgehead atoms. The number of hydrogen-bond acceptors (Lipinski definition) is 6. The molecule has 0 saturated heterocycles. The quantitative estimate of drug-likeness (QED) is 0.365. The maximum absolute atomic E-state index is 14.4. The first kappa shape index (κ1) is 21.6. The van der Waals surface area contributed by atoms with Crippen molar-refractivity contribution in [2.75, 3.05) is 5.32 Å². The minimum Gasteiger partial charge on any atom is -0.439 e. The third kappa shape index (κ3) is 4.80. The number of aromatic nitrogens is 5.